The fourth-order valence-electron chi connectivity index (χ4n) is 2.77. The van der Waals surface area contributed by atoms with Crippen LogP contribution in [0.2, 0.25) is 0 Å². The predicted molar refractivity (Wildman–Crippen MR) is 103 cm³/mol. The van der Waals surface area contributed by atoms with Crippen LogP contribution in [0.1, 0.15) is 5.56 Å². The third kappa shape index (κ3) is 3.32. The molecule has 2 aromatic heterocycles. The quantitative estimate of drug-likeness (QED) is 0.585. The van der Waals surface area contributed by atoms with Crippen LogP contribution in [0.15, 0.2) is 73.1 Å². The van der Waals surface area contributed by atoms with E-state index in [4.69, 9.17) is 9.72 Å². The van der Waals surface area contributed by atoms with E-state index in [-0.39, 0.29) is 0 Å². The third-order valence-corrected chi connectivity index (χ3v) is 4.16. The number of ether oxygens (including phenoxy) is 1. The number of anilines is 1. The first kappa shape index (κ1) is 16.0. The average Bonchev–Trinajstić information content (AvgIpc) is 2.73. The van der Waals surface area contributed by atoms with Crippen LogP contribution in [0.25, 0.3) is 22.3 Å². The van der Waals surface area contributed by atoms with Gasteiger partial charge >= 0.3 is 0 Å². The molecule has 1 N–H and O–H groups in total. The van der Waals surface area contributed by atoms with Crippen molar-refractivity contribution >= 4 is 16.7 Å². The molecule has 26 heavy (non-hydrogen) atoms. The molecule has 2 aromatic carbocycles. The van der Waals surface area contributed by atoms with Crippen molar-refractivity contribution in [3.63, 3.8) is 0 Å². The Kier molecular flexibility index (Phi) is 4.43. The summed E-state index contributed by atoms with van der Waals surface area (Å²) < 4.78 is 5.21. The summed E-state index contributed by atoms with van der Waals surface area (Å²) in [6.45, 7) is 0.667. The smallest absolute Gasteiger partial charge is 0.162 e. The van der Waals surface area contributed by atoms with Crippen molar-refractivity contribution in [3.05, 3.63) is 78.6 Å². The van der Waals surface area contributed by atoms with Crippen molar-refractivity contribution in [3.8, 4) is 17.1 Å². The van der Waals surface area contributed by atoms with E-state index in [1.807, 2.05) is 60.7 Å². The number of para-hydroxylation sites is 1. The average molecular weight is 342 g/mol. The summed E-state index contributed by atoms with van der Waals surface area (Å²) in [7, 11) is 1.67. The molecule has 0 amide bonds. The number of benzene rings is 2. The summed E-state index contributed by atoms with van der Waals surface area (Å²) in [5, 5.41) is 4.44. The number of pyridine rings is 1. The van der Waals surface area contributed by atoms with Gasteiger partial charge < -0.3 is 10.1 Å². The summed E-state index contributed by atoms with van der Waals surface area (Å²) in [5.41, 5.74) is 3.00. The van der Waals surface area contributed by atoms with Gasteiger partial charge in [-0.05, 0) is 42.0 Å². The summed E-state index contributed by atoms with van der Waals surface area (Å²) in [4.78, 5) is 13.5. The Hall–Kier alpha value is -3.47. The van der Waals surface area contributed by atoms with Gasteiger partial charge in [0, 0.05) is 29.9 Å². The Morgan fingerprint density at radius 2 is 1.65 bits per heavy atom. The van der Waals surface area contributed by atoms with E-state index >= 15 is 0 Å². The lowest BCUT2D eigenvalue weighted by atomic mass is 10.2. The van der Waals surface area contributed by atoms with Crippen LogP contribution in [0.4, 0.5) is 5.82 Å². The van der Waals surface area contributed by atoms with Gasteiger partial charge in [-0.3, -0.25) is 4.98 Å². The Labute approximate surface area is 151 Å². The second-order valence-electron chi connectivity index (χ2n) is 5.85. The number of methoxy groups -OCH3 is 1. The highest BCUT2D eigenvalue weighted by Gasteiger charge is 2.09. The number of nitrogens with zero attached hydrogens (tertiary/aromatic N) is 3. The summed E-state index contributed by atoms with van der Waals surface area (Å²) in [6, 6.07) is 19.8. The largest absolute Gasteiger partial charge is 0.497 e. The number of fused-ring (bicyclic) bond motifs is 1. The van der Waals surface area contributed by atoms with Crippen molar-refractivity contribution in [2.45, 2.75) is 6.54 Å². The lowest BCUT2D eigenvalue weighted by Crippen LogP contribution is -2.04. The molecule has 0 fully saturated rings. The van der Waals surface area contributed by atoms with Crippen molar-refractivity contribution in [1.29, 1.82) is 0 Å². The zero-order valence-electron chi connectivity index (χ0n) is 14.4. The Bertz CT molecular complexity index is 1020. The molecule has 4 rings (SSSR count). The topological polar surface area (TPSA) is 59.9 Å². The van der Waals surface area contributed by atoms with Crippen molar-refractivity contribution < 1.29 is 4.74 Å². The summed E-state index contributed by atoms with van der Waals surface area (Å²) in [5.74, 6) is 2.35. The molecular formula is C21H18N4O. The predicted octanol–water partition coefficient (Wildman–Crippen LogP) is 4.31. The van der Waals surface area contributed by atoms with Gasteiger partial charge in [0.2, 0.25) is 0 Å². The van der Waals surface area contributed by atoms with Crippen LogP contribution in [0, 0.1) is 0 Å². The Morgan fingerprint density at radius 3 is 2.42 bits per heavy atom. The molecule has 0 saturated carbocycles. The van der Waals surface area contributed by atoms with E-state index in [0.29, 0.717) is 12.4 Å². The minimum Gasteiger partial charge on any atom is -0.497 e. The summed E-state index contributed by atoms with van der Waals surface area (Å²) >= 11 is 0. The van der Waals surface area contributed by atoms with E-state index < -0.39 is 0 Å². The van der Waals surface area contributed by atoms with E-state index in [0.717, 1.165) is 33.6 Å². The fourth-order valence-corrected chi connectivity index (χ4v) is 2.77. The highest BCUT2D eigenvalue weighted by atomic mass is 16.5. The minimum atomic E-state index is 0.667. The van der Waals surface area contributed by atoms with E-state index in [2.05, 4.69) is 15.3 Å². The standard InChI is InChI=1S/C21H18N4O/c1-26-17-8-6-15(7-9-17)14-23-21-18-4-2-3-5-19(18)24-20(25-21)16-10-12-22-13-11-16/h2-13H,14H2,1H3,(H,23,24,25). The van der Waals surface area contributed by atoms with Crippen molar-refractivity contribution in [1.82, 2.24) is 15.0 Å². The lowest BCUT2D eigenvalue weighted by Gasteiger charge is -2.11. The SMILES string of the molecule is COc1ccc(CNc2nc(-c3ccncc3)nc3ccccc23)cc1. The first-order valence-corrected chi connectivity index (χ1v) is 8.37. The van der Waals surface area contributed by atoms with Gasteiger partial charge in [0.1, 0.15) is 11.6 Å². The van der Waals surface area contributed by atoms with E-state index in [1.54, 1.807) is 19.5 Å². The molecule has 128 valence electrons. The van der Waals surface area contributed by atoms with Gasteiger partial charge in [-0.1, -0.05) is 24.3 Å². The minimum absolute atomic E-state index is 0.667. The van der Waals surface area contributed by atoms with Gasteiger partial charge in [-0.15, -0.1) is 0 Å². The lowest BCUT2D eigenvalue weighted by molar-refractivity contribution is 0.414. The van der Waals surface area contributed by atoms with Gasteiger partial charge in [-0.25, -0.2) is 9.97 Å². The normalized spacial score (nSPS) is 10.7. The Balaban J connectivity index is 1.68. The second kappa shape index (κ2) is 7.19. The number of aromatic nitrogens is 3. The van der Waals surface area contributed by atoms with Crippen LogP contribution in [0.5, 0.6) is 5.75 Å². The molecule has 2 heterocycles. The van der Waals surface area contributed by atoms with Crippen LogP contribution >= 0.6 is 0 Å². The van der Waals surface area contributed by atoms with Gasteiger partial charge in [0.15, 0.2) is 5.82 Å². The molecular weight excluding hydrogens is 324 g/mol. The van der Waals surface area contributed by atoms with Crippen LogP contribution in [-0.2, 0) is 6.54 Å². The zero-order chi connectivity index (χ0) is 17.8. The van der Waals surface area contributed by atoms with Crippen LogP contribution in [-0.4, -0.2) is 22.1 Å². The molecule has 0 aliphatic heterocycles. The van der Waals surface area contributed by atoms with Gasteiger partial charge in [0.25, 0.3) is 0 Å². The zero-order valence-corrected chi connectivity index (χ0v) is 14.4. The van der Waals surface area contributed by atoms with E-state index in [1.165, 1.54) is 0 Å². The molecule has 4 aromatic rings. The number of rotatable bonds is 5. The van der Waals surface area contributed by atoms with E-state index in [9.17, 15) is 0 Å². The van der Waals surface area contributed by atoms with Crippen LogP contribution in [0.3, 0.4) is 0 Å². The first-order chi connectivity index (χ1) is 12.8. The molecule has 0 radical (unpaired) electrons. The third-order valence-electron chi connectivity index (χ3n) is 4.16. The summed E-state index contributed by atoms with van der Waals surface area (Å²) in [6.07, 6.45) is 3.50. The fraction of sp³-hybridized carbons (Fsp3) is 0.0952. The monoisotopic (exact) mass is 342 g/mol. The van der Waals surface area contributed by atoms with Crippen molar-refractivity contribution in [2.75, 3.05) is 12.4 Å². The molecule has 0 aliphatic carbocycles. The maximum Gasteiger partial charge on any atom is 0.162 e. The molecule has 0 unspecified atom stereocenters. The van der Waals surface area contributed by atoms with Gasteiger partial charge in [0.05, 0.1) is 12.6 Å². The molecule has 0 atom stereocenters. The Morgan fingerprint density at radius 1 is 0.885 bits per heavy atom. The maximum atomic E-state index is 5.21. The first-order valence-electron chi connectivity index (χ1n) is 8.37. The molecule has 0 spiro atoms. The highest BCUT2D eigenvalue weighted by molar-refractivity contribution is 5.90. The number of hydrogen-bond donors (Lipinski definition) is 1. The molecule has 0 bridgehead atoms. The van der Waals surface area contributed by atoms with Crippen molar-refractivity contribution in [2.24, 2.45) is 0 Å². The van der Waals surface area contributed by atoms with Gasteiger partial charge in [-0.2, -0.15) is 0 Å². The second-order valence-corrected chi connectivity index (χ2v) is 5.85. The maximum absolute atomic E-state index is 5.21. The molecule has 5 nitrogen and oxygen atoms in total. The molecule has 0 saturated heterocycles. The van der Waals surface area contributed by atoms with Crippen LogP contribution < -0.4 is 10.1 Å². The molecule has 5 heteroatoms. The molecule has 0 aliphatic rings. The highest BCUT2D eigenvalue weighted by Crippen LogP contribution is 2.25. The number of nitrogens with one attached hydrogen (secondary N) is 1. The number of hydrogen-bond acceptors (Lipinski definition) is 5.